The minimum absolute atomic E-state index is 0.215. The summed E-state index contributed by atoms with van der Waals surface area (Å²) in [4.78, 5) is 19.4. The second-order valence-corrected chi connectivity index (χ2v) is 7.70. The molecule has 2 aliphatic rings. The van der Waals surface area contributed by atoms with Gasteiger partial charge in [0.2, 0.25) is 5.91 Å². The Kier molecular flexibility index (Phi) is 5.91. The molecule has 2 heterocycles. The summed E-state index contributed by atoms with van der Waals surface area (Å²) in [5.41, 5.74) is 2.39. The Morgan fingerprint density at radius 2 is 1.64 bits per heavy atom. The standard InChI is InChI=1S/C23H28FN3O/c24-20-8-10-21(11-9-20)25-15-17-27(18-16-25)23(28)12-14-26-13-4-7-22(26)19-5-2-1-3-6-19/h1-3,5-6,8-11,22H,4,7,12-18H2. The molecule has 0 aliphatic carbocycles. The van der Waals surface area contributed by atoms with Gasteiger partial charge in [-0.15, -0.1) is 0 Å². The maximum atomic E-state index is 13.1. The molecule has 1 amide bonds. The lowest BCUT2D eigenvalue weighted by Crippen LogP contribution is -2.49. The highest BCUT2D eigenvalue weighted by molar-refractivity contribution is 5.76. The Morgan fingerprint density at radius 3 is 2.36 bits per heavy atom. The van der Waals surface area contributed by atoms with E-state index in [2.05, 4.69) is 40.1 Å². The SMILES string of the molecule is O=C(CCN1CCCC1c1ccccc1)N1CCN(c2ccc(F)cc2)CC1. The molecule has 2 fully saturated rings. The van der Waals surface area contributed by atoms with Gasteiger partial charge in [0, 0.05) is 50.9 Å². The molecule has 2 aromatic rings. The minimum Gasteiger partial charge on any atom is -0.368 e. The first-order chi connectivity index (χ1) is 13.7. The van der Waals surface area contributed by atoms with Crippen LogP contribution in [0.3, 0.4) is 0 Å². The maximum absolute atomic E-state index is 13.1. The quantitative estimate of drug-likeness (QED) is 0.790. The van der Waals surface area contributed by atoms with Crippen molar-refractivity contribution in [2.24, 2.45) is 0 Å². The molecule has 0 N–H and O–H groups in total. The van der Waals surface area contributed by atoms with Gasteiger partial charge in [0.15, 0.2) is 0 Å². The lowest BCUT2D eigenvalue weighted by atomic mass is 10.0. The molecular weight excluding hydrogens is 353 g/mol. The first-order valence-electron chi connectivity index (χ1n) is 10.3. The summed E-state index contributed by atoms with van der Waals surface area (Å²) >= 11 is 0. The number of hydrogen-bond donors (Lipinski definition) is 0. The minimum atomic E-state index is -0.215. The molecule has 2 aliphatic heterocycles. The molecule has 1 atom stereocenters. The molecule has 1 unspecified atom stereocenters. The highest BCUT2D eigenvalue weighted by Crippen LogP contribution is 2.31. The van der Waals surface area contributed by atoms with Gasteiger partial charge in [-0.1, -0.05) is 30.3 Å². The Bertz CT molecular complexity index is 772. The Hall–Kier alpha value is -2.40. The van der Waals surface area contributed by atoms with Crippen molar-refractivity contribution in [3.63, 3.8) is 0 Å². The van der Waals surface area contributed by atoms with Crippen molar-refractivity contribution in [3.05, 3.63) is 66.0 Å². The van der Waals surface area contributed by atoms with E-state index < -0.39 is 0 Å². The molecule has 28 heavy (non-hydrogen) atoms. The van der Waals surface area contributed by atoms with Crippen molar-refractivity contribution in [1.29, 1.82) is 0 Å². The summed E-state index contributed by atoms with van der Waals surface area (Å²) in [5, 5.41) is 0. The van der Waals surface area contributed by atoms with E-state index in [0.29, 0.717) is 12.5 Å². The van der Waals surface area contributed by atoms with Crippen LogP contribution >= 0.6 is 0 Å². The van der Waals surface area contributed by atoms with Crippen molar-refractivity contribution in [3.8, 4) is 0 Å². The third kappa shape index (κ3) is 4.36. The maximum Gasteiger partial charge on any atom is 0.223 e. The zero-order valence-electron chi connectivity index (χ0n) is 16.3. The van der Waals surface area contributed by atoms with Crippen LogP contribution in [-0.4, -0.2) is 55.0 Å². The normalized spacial score (nSPS) is 20.5. The fraction of sp³-hybridized carbons (Fsp3) is 0.435. The predicted molar refractivity (Wildman–Crippen MR) is 110 cm³/mol. The summed E-state index contributed by atoms with van der Waals surface area (Å²) in [5.74, 6) is 0.0331. The number of piperazine rings is 1. The highest BCUT2D eigenvalue weighted by Gasteiger charge is 2.27. The molecule has 4 rings (SSSR count). The van der Waals surface area contributed by atoms with Crippen molar-refractivity contribution in [1.82, 2.24) is 9.80 Å². The fourth-order valence-corrected chi connectivity index (χ4v) is 4.41. The lowest BCUT2D eigenvalue weighted by molar-refractivity contribution is -0.131. The molecule has 0 aromatic heterocycles. The molecule has 2 aromatic carbocycles. The third-order valence-electron chi connectivity index (χ3n) is 5.99. The molecular formula is C23H28FN3O. The number of amides is 1. The molecule has 0 spiro atoms. The van der Waals surface area contributed by atoms with E-state index in [4.69, 9.17) is 0 Å². The van der Waals surface area contributed by atoms with Gasteiger partial charge in [-0.2, -0.15) is 0 Å². The van der Waals surface area contributed by atoms with Crippen LogP contribution in [0.2, 0.25) is 0 Å². The summed E-state index contributed by atoms with van der Waals surface area (Å²) in [6, 6.07) is 17.7. The number of benzene rings is 2. The predicted octanol–water partition coefficient (Wildman–Crippen LogP) is 3.70. The first-order valence-corrected chi connectivity index (χ1v) is 10.3. The number of anilines is 1. The summed E-state index contributed by atoms with van der Waals surface area (Å²) < 4.78 is 13.1. The number of rotatable bonds is 5. The molecule has 5 heteroatoms. The van der Waals surface area contributed by atoms with E-state index in [0.717, 1.165) is 45.0 Å². The van der Waals surface area contributed by atoms with Gasteiger partial charge < -0.3 is 9.80 Å². The van der Waals surface area contributed by atoms with Gasteiger partial charge in [-0.05, 0) is 49.2 Å². The third-order valence-corrected chi connectivity index (χ3v) is 5.99. The molecule has 0 radical (unpaired) electrons. The van der Waals surface area contributed by atoms with Gasteiger partial charge in [0.05, 0.1) is 0 Å². The van der Waals surface area contributed by atoms with E-state index in [1.807, 2.05) is 17.0 Å². The van der Waals surface area contributed by atoms with Gasteiger partial charge in [-0.3, -0.25) is 9.69 Å². The van der Waals surface area contributed by atoms with Gasteiger partial charge in [0.25, 0.3) is 0 Å². The van der Waals surface area contributed by atoms with Crippen molar-refractivity contribution < 1.29 is 9.18 Å². The van der Waals surface area contributed by atoms with E-state index in [9.17, 15) is 9.18 Å². The number of halogens is 1. The molecule has 0 bridgehead atoms. The van der Waals surface area contributed by atoms with E-state index in [1.54, 1.807) is 0 Å². The second kappa shape index (κ2) is 8.74. The molecule has 0 saturated carbocycles. The Balaban J connectivity index is 1.26. The number of carbonyl (C=O) groups excluding carboxylic acids is 1. The number of carbonyl (C=O) groups is 1. The number of nitrogens with zero attached hydrogens (tertiary/aromatic N) is 3. The largest absolute Gasteiger partial charge is 0.368 e. The summed E-state index contributed by atoms with van der Waals surface area (Å²) in [7, 11) is 0. The lowest BCUT2D eigenvalue weighted by Gasteiger charge is -2.36. The van der Waals surface area contributed by atoms with Crippen LogP contribution < -0.4 is 4.90 Å². The van der Waals surface area contributed by atoms with Gasteiger partial charge in [0.1, 0.15) is 5.82 Å². The average molecular weight is 381 g/mol. The molecule has 2 saturated heterocycles. The van der Waals surface area contributed by atoms with Crippen LogP contribution in [-0.2, 0) is 4.79 Å². The highest BCUT2D eigenvalue weighted by atomic mass is 19.1. The van der Waals surface area contributed by atoms with Crippen LogP contribution in [0.25, 0.3) is 0 Å². The van der Waals surface area contributed by atoms with Crippen LogP contribution in [0.15, 0.2) is 54.6 Å². The van der Waals surface area contributed by atoms with E-state index in [-0.39, 0.29) is 11.7 Å². The van der Waals surface area contributed by atoms with Gasteiger partial charge >= 0.3 is 0 Å². The summed E-state index contributed by atoms with van der Waals surface area (Å²) in [6.07, 6.45) is 2.96. The van der Waals surface area contributed by atoms with E-state index >= 15 is 0 Å². The smallest absolute Gasteiger partial charge is 0.223 e. The molecule has 148 valence electrons. The zero-order valence-corrected chi connectivity index (χ0v) is 16.3. The topological polar surface area (TPSA) is 26.8 Å². The van der Waals surface area contributed by atoms with Crippen LogP contribution in [0.5, 0.6) is 0 Å². The molecule has 4 nitrogen and oxygen atoms in total. The monoisotopic (exact) mass is 381 g/mol. The fourth-order valence-electron chi connectivity index (χ4n) is 4.41. The Labute approximate surface area is 166 Å². The van der Waals surface area contributed by atoms with Gasteiger partial charge in [-0.25, -0.2) is 4.39 Å². The Morgan fingerprint density at radius 1 is 0.929 bits per heavy atom. The van der Waals surface area contributed by atoms with E-state index in [1.165, 1.54) is 30.5 Å². The first kappa shape index (κ1) is 18.9. The van der Waals surface area contributed by atoms with Crippen molar-refractivity contribution in [2.75, 3.05) is 44.2 Å². The second-order valence-electron chi connectivity index (χ2n) is 7.70. The number of likely N-dealkylation sites (tertiary alicyclic amines) is 1. The van der Waals surface area contributed by atoms with Crippen LogP contribution in [0, 0.1) is 5.82 Å². The van der Waals surface area contributed by atoms with Crippen molar-refractivity contribution >= 4 is 11.6 Å². The van der Waals surface area contributed by atoms with Crippen LogP contribution in [0.1, 0.15) is 30.9 Å². The van der Waals surface area contributed by atoms with Crippen molar-refractivity contribution in [2.45, 2.75) is 25.3 Å². The number of hydrogen-bond acceptors (Lipinski definition) is 3. The summed E-state index contributed by atoms with van der Waals surface area (Å²) in [6.45, 7) is 4.97. The van der Waals surface area contributed by atoms with Crippen LogP contribution in [0.4, 0.5) is 10.1 Å². The zero-order chi connectivity index (χ0) is 19.3. The average Bonchev–Trinajstić information content (AvgIpc) is 3.22.